The van der Waals surface area contributed by atoms with E-state index in [-0.39, 0.29) is 23.1 Å². The van der Waals surface area contributed by atoms with Crippen LogP contribution in [-0.2, 0) is 18.0 Å². The number of thioether (sulfide) groups is 1. The van der Waals surface area contributed by atoms with Gasteiger partial charge in [-0.2, -0.15) is 13.2 Å². The summed E-state index contributed by atoms with van der Waals surface area (Å²) in [6.07, 6.45) is -2.94. The number of halogens is 3. The van der Waals surface area contributed by atoms with Crippen molar-refractivity contribution in [1.82, 2.24) is 20.1 Å². The maximum Gasteiger partial charge on any atom is 0.416 e. The van der Waals surface area contributed by atoms with E-state index >= 15 is 0 Å². The minimum Gasteiger partial charge on any atom is -0.345 e. The number of nitrogens with one attached hydrogen (secondary N) is 2. The average Bonchev–Trinajstić information content (AvgIpc) is 3.20. The summed E-state index contributed by atoms with van der Waals surface area (Å²) in [6.45, 7) is 3.63. The van der Waals surface area contributed by atoms with Gasteiger partial charge in [-0.1, -0.05) is 43.8 Å². The Morgan fingerprint density at radius 2 is 1.85 bits per heavy atom. The van der Waals surface area contributed by atoms with Crippen LogP contribution in [-0.4, -0.2) is 32.3 Å². The SMILES string of the molecule is CC(C)C(NC(=O)c1cccc(NC(=O)CSc2nncn2C)c1)c1cccc(C(F)(F)F)c1. The van der Waals surface area contributed by atoms with Gasteiger partial charge >= 0.3 is 6.18 Å². The Hall–Kier alpha value is -3.34. The molecule has 180 valence electrons. The molecule has 3 rings (SSSR count). The van der Waals surface area contributed by atoms with Gasteiger partial charge in [0.15, 0.2) is 5.16 Å². The van der Waals surface area contributed by atoms with Crippen LogP contribution < -0.4 is 10.6 Å². The van der Waals surface area contributed by atoms with Crippen LogP contribution in [0.4, 0.5) is 18.9 Å². The predicted molar refractivity (Wildman–Crippen MR) is 123 cm³/mol. The molecule has 0 saturated heterocycles. The normalized spacial score (nSPS) is 12.4. The molecular weight excluding hydrogens is 467 g/mol. The van der Waals surface area contributed by atoms with Crippen LogP contribution in [0.15, 0.2) is 60.0 Å². The number of aromatic nitrogens is 3. The van der Waals surface area contributed by atoms with Crippen LogP contribution in [0.25, 0.3) is 0 Å². The van der Waals surface area contributed by atoms with Crippen molar-refractivity contribution in [3.8, 4) is 0 Å². The Morgan fingerprint density at radius 1 is 1.12 bits per heavy atom. The minimum atomic E-state index is -4.47. The van der Waals surface area contributed by atoms with Crippen molar-refractivity contribution in [2.24, 2.45) is 13.0 Å². The fourth-order valence-corrected chi connectivity index (χ4v) is 3.92. The van der Waals surface area contributed by atoms with Crippen molar-refractivity contribution in [3.63, 3.8) is 0 Å². The molecule has 11 heteroatoms. The fourth-order valence-electron chi connectivity index (χ4n) is 3.24. The first-order valence-electron chi connectivity index (χ1n) is 10.4. The highest BCUT2D eigenvalue weighted by atomic mass is 32.2. The van der Waals surface area contributed by atoms with Gasteiger partial charge in [-0.15, -0.1) is 10.2 Å². The molecule has 2 amide bonds. The molecule has 34 heavy (non-hydrogen) atoms. The summed E-state index contributed by atoms with van der Waals surface area (Å²) in [5, 5.41) is 13.8. The highest BCUT2D eigenvalue weighted by Crippen LogP contribution is 2.32. The Bertz CT molecular complexity index is 1160. The number of benzene rings is 2. The predicted octanol–water partition coefficient (Wildman–Crippen LogP) is 4.69. The van der Waals surface area contributed by atoms with E-state index in [1.54, 1.807) is 35.9 Å². The molecular formula is C23H24F3N5O2S. The molecule has 0 saturated carbocycles. The van der Waals surface area contributed by atoms with Gasteiger partial charge in [0.05, 0.1) is 17.4 Å². The van der Waals surface area contributed by atoms with E-state index in [2.05, 4.69) is 20.8 Å². The lowest BCUT2D eigenvalue weighted by Gasteiger charge is -2.24. The summed E-state index contributed by atoms with van der Waals surface area (Å²) in [7, 11) is 1.77. The summed E-state index contributed by atoms with van der Waals surface area (Å²) in [5.74, 6) is -0.795. The molecule has 0 spiro atoms. The van der Waals surface area contributed by atoms with E-state index in [0.29, 0.717) is 16.4 Å². The van der Waals surface area contributed by atoms with Crippen LogP contribution in [0.2, 0.25) is 0 Å². The zero-order valence-corrected chi connectivity index (χ0v) is 19.6. The number of aryl methyl sites for hydroxylation is 1. The smallest absolute Gasteiger partial charge is 0.345 e. The lowest BCUT2D eigenvalue weighted by molar-refractivity contribution is -0.137. The Morgan fingerprint density at radius 3 is 2.50 bits per heavy atom. The third kappa shape index (κ3) is 6.60. The summed E-state index contributed by atoms with van der Waals surface area (Å²) < 4.78 is 41.1. The largest absolute Gasteiger partial charge is 0.416 e. The molecule has 1 unspecified atom stereocenters. The second-order valence-corrected chi connectivity index (χ2v) is 8.90. The fraction of sp³-hybridized carbons (Fsp3) is 0.304. The molecule has 2 aromatic carbocycles. The van der Waals surface area contributed by atoms with Crippen molar-refractivity contribution in [1.29, 1.82) is 0 Å². The number of carbonyl (C=O) groups is 2. The van der Waals surface area contributed by atoms with Gasteiger partial charge in [0.2, 0.25) is 5.91 Å². The third-order valence-corrected chi connectivity index (χ3v) is 5.97. The second kappa shape index (κ2) is 10.7. The van der Waals surface area contributed by atoms with Gasteiger partial charge in [-0.25, -0.2) is 0 Å². The van der Waals surface area contributed by atoms with Crippen LogP contribution >= 0.6 is 11.8 Å². The first-order valence-corrected chi connectivity index (χ1v) is 11.4. The van der Waals surface area contributed by atoms with Crippen LogP contribution in [0.3, 0.4) is 0 Å². The molecule has 3 aromatic rings. The Kier molecular flexibility index (Phi) is 7.98. The first kappa shape index (κ1) is 25.3. The first-order chi connectivity index (χ1) is 16.0. The number of hydrogen-bond donors (Lipinski definition) is 2. The lowest BCUT2D eigenvalue weighted by atomic mass is 9.94. The summed E-state index contributed by atoms with van der Waals surface area (Å²) in [4.78, 5) is 25.2. The molecule has 1 heterocycles. The van der Waals surface area contributed by atoms with Crippen LogP contribution in [0, 0.1) is 5.92 Å². The molecule has 2 N–H and O–H groups in total. The molecule has 1 atom stereocenters. The molecule has 0 fully saturated rings. The number of carbonyl (C=O) groups excluding carboxylic acids is 2. The quantitative estimate of drug-likeness (QED) is 0.446. The van der Waals surface area contributed by atoms with E-state index < -0.39 is 23.7 Å². The number of amides is 2. The van der Waals surface area contributed by atoms with Crippen molar-refractivity contribution in [2.45, 2.75) is 31.2 Å². The zero-order valence-electron chi connectivity index (χ0n) is 18.8. The molecule has 7 nitrogen and oxygen atoms in total. The maximum absolute atomic E-state index is 13.1. The minimum absolute atomic E-state index is 0.105. The number of hydrogen-bond acceptors (Lipinski definition) is 5. The van der Waals surface area contributed by atoms with E-state index in [9.17, 15) is 22.8 Å². The lowest BCUT2D eigenvalue weighted by Crippen LogP contribution is -2.32. The summed E-state index contributed by atoms with van der Waals surface area (Å²) >= 11 is 1.22. The molecule has 0 bridgehead atoms. The maximum atomic E-state index is 13.1. The molecule has 0 aliphatic carbocycles. The standard InChI is InChI=1S/C23H24F3N5O2S/c1-14(2)20(15-6-4-8-17(10-15)23(24,25)26)29-21(33)16-7-5-9-18(11-16)28-19(32)12-34-22-30-27-13-31(22)3/h4-11,13-14,20H,12H2,1-3H3,(H,28,32)(H,29,33). The highest BCUT2D eigenvalue weighted by molar-refractivity contribution is 7.99. The molecule has 1 aromatic heterocycles. The van der Waals surface area contributed by atoms with Crippen molar-refractivity contribution in [2.75, 3.05) is 11.1 Å². The van der Waals surface area contributed by atoms with Gasteiger partial charge in [0.25, 0.3) is 5.91 Å². The van der Waals surface area contributed by atoms with E-state index in [4.69, 9.17) is 0 Å². The van der Waals surface area contributed by atoms with E-state index in [0.717, 1.165) is 12.1 Å². The highest BCUT2D eigenvalue weighted by Gasteiger charge is 2.31. The number of nitrogens with zero attached hydrogens (tertiary/aromatic N) is 3. The summed E-state index contributed by atoms with van der Waals surface area (Å²) in [5.41, 5.74) is 0.296. The van der Waals surface area contributed by atoms with Crippen LogP contribution in [0.5, 0.6) is 0 Å². The number of rotatable bonds is 8. The number of anilines is 1. The monoisotopic (exact) mass is 491 g/mol. The van der Waals surface area contributed by atoms with E-state index in [1.165, 1.54) is 30.2 Å². The number of alkyl halides is 3. The Balaban J connectivity index is 1.68. The van der Waals surface area contributed by atoms with Gasteiger partial charge < -0.3 is 15.2 Å². The second-order valence-electron chi connectivity index (χ2n) is 7.96. The molecule has 0 aliphatic heterocycles. The van der Waals surface area contributed by atoms with Crippen molar-refractivity contribution >= 4 is 29.3 Å². The molecule has 0 radical (unpaired) electrons. The van der Waals surface area contributed by atoms with Gasteiger partial charge in [-0.05, 0) is 41.8 Å². The van der Waals surface area contributed by atoms with E-state index in [1.807, 2.05) is 13.8 Å². The van der Waals surface area contributed by atoms with Gasteiger partial charge in [-0.3, -0.25) is 9.59 Å². The third-order valence-electron chi connectivity index (χ3n) is 4.94. The van der Waals surface area contributed by atoms with Crippen molar-refractivity contribution < 1.29 is 22.8 Å². The topological polar surface area (TPSA) is 88.9 Å². The zero-order chi connectivity index (χ0) is 24.9. The average molecular weight is 492 g/mol. The summed E-state index contributed by atoms with van der Waals surface area (Å²) in [6, 6.07) is 10.7. The van der Waals surface area contributed by atoms with Crippen molar-refractivity contribution in [3.05, 3.63) is 71.5 Å². The van der Waals surface area contributed by atoms with Gasteiger partial charge in [0.1, 0.15) is 6.33 Å². The Labute approximate surface area is 199 Å². The van der Waals surface area contributed by atoms with Crippen LogP contribution in [0.1, 0.15) is 41.4 Å². The van der Waals surface area contributed by atoms with Gasteiger partial charge in [0, 0.05) is 18.3 Å². The molecule has 0 aliphatic rings.